The Hall–Kier alpha value is -1.10. The molecule has 0 unspecified atom stereocenters. The van der Waals surface area contributed by atoms with Crippen molar-refractivity contribution in [3.8, 4) is 0 Å². The van der Waals surface area contributed by atoms with Gasteiger partial charge in [-0.25, -0.2) is 4.39 Å². The first kappa shape index (κ1) is 15.3. The SMILES string of the molecule is Cc1cc(F)ccc1CC1(N)CCC(C(F)(F)F)CC1. The Morgan fingerprint density at radius 2 is 1.85 bits per heavy atom. The number of halogens is 4. The Bertz CT molecular complexity index is 473. The Kier molecular flexibility index (Phi) is 4.09. The van der Waals surface area contributed by atoms with Gasteiger partial charge in [-0.05, 0) is 62.3 Å². The van der Waals surface area contributed by atoms with E-state index in [0.717, 1.165) is 11.1 Å². The molecule has 0 radical (unpaired) electrons. The molecule has 0 spiro atoms. The zero-order chi connectivity index (χ0) is 15.0. The fraction of sp³-hybridized carbons (Fsp3) is 0.600. The average molecular weight is 289 g/mol. The summed E-state index contributed by atoms with van der Waals surface area (Å²) in [5.41, 5.74) is 7.35. The predicted molar refractivity (Wildman–Crippen MR) is 69.8 cm³/mol. The van der Waals surface area contributed by atoms with Crippen molar-refractivity contribution < 1.29 is 17.6 Å². The van der Waals surface area contributed by atoms with E-state index in [0.29, 0.717) is 19.3 Å². The third-order valence-electron chi connectivity index (χ3n) is 4.29. The molecule has 1 fully saturated rings. The molecule has 5 heteroatoms. The van der Waals surface area contributed by atoms with Crippen molar-refractivity contribution in [1.82, 2.24) is 0 Å². The highest BCUT2D eigenvalue weighted by atomic mass is 19.4. The first-order chi connectivity index (χ1) is 9.20. The third-order valence-corrected chi connectivity index (χ3v) is 4.29. The van der Waals surface area contributed by atoms with Crippen LogP contribution < -0.4 is 5.73 Å². The fourth-order valence-electron chi connectivity index (χ4n) is 2.93. The monoisotopic (exact) mass is 289 g/mol. The fourth-order valence-corrected chi connectivity index (χ4v) is 2.93. The third kappa shape index (κ3) is 3.51. The number of nitrogens with two attached hydrogens (primary N) is 1. The lowest BCUT2D eigenvalue weighted by Gasteiger charge is -2.38. The van der Waals surface area contributed by atoms with Crippen LogP contribution in [0, 0.1) is 18.7 Å². The Morgan fingerprint density at radius 1 is 1.25 bits per heavy atom. The maximum atomic E-state index is 13.0. The van der Waals surface area contributed by atoms with E-state index >= 15 is 0 Å². The van der Waals surface area contributed by atoms with E-state index in [1.54, 1.807) is 13.0 Å². The van der Waals surface area contributed by atoms with Crippen LogP contribution in [0.4, 0.5) is 17.6 Å². The van der Waals surface area contributed by atoms with Crippen molar-refractivity contribution in [2.45, 2.75) is 50.7 Å². The molecule has 1 aromatic rings. The van der Waals surface area contributed by atoms with Gasteiger partial charge in [0.1, 0.15) is 5.82 Å². The van der Waals surface area contributed by atoms with E-state index in [1.807, 2.05) is 0 Å². The summed E-state index contributed by atoms with van der Waals surface area (Å²) in [4.78, 5) is 0. The number of aryl methyl sites for hydroxylation is 1. The van der Waals surface area contributed by atoms with E-state index in [-0.39, 0.29) is 18.7 Å². The van der Waals surface area contributed by atoms with Gasteiger partial charge in [0, 0.05) is 5.54 Å². The van der Waals surface area contributed by atoms with Gasteiger partial charge in [0.15, 0.2) is 0 Å². The van der Waals surface area contributed by atoms with Gasteiger partial charge in [-0.1, -0.05) is 6.07 Å². The van der Waals surface area contributed by atoms with Crippen LogP contribution >= 0.6 is 0 Å². The first-order valence-electron chi connectivity index (χ1n) is 6.80. The molecular formula is C15H19F4N. The van der Waals surface area contributed by atoms with Gasteiger partial charge in [-0.2, -0.15) is 13.2 Å². The van der Waals surface area contributed by atoms with Gasteiger partial charge in [-0.15, -0.1) is 0 Å². The molecule has 1 aliphatic rings. The van der Waals surface area contributed by atoms with Crippen molar-refractivity contribution in [2.24, 2.45) is 11.7 Å². The normalized spacial score (nSPS) is 27.6. The van der Waals surface area contributed by atoms with Crippen molar-refractivity contribution in [3.05, 3.63) is 35.1 Å². The molecule has 0 heterocycles. The number of alkyl halides is 3. The highest BCUT2D eigenvalue weighted by Gasteiger charge is 2.44. The Balaban J connectivity index is 2.03. The number of hydrogen-bond donors (Lipinski definition) is 1. The summed E-state index contributed by atoms with van der Waals surface area (Å²) in [5.74, 6) is -1.54. The second-order valence-electron chi connectivity index (χ2n) is 5.93. The molecule has 20 heavy (non-hydrogen) atoms. The molecule has 0 amide bonds. The standard InChI is InChI=1S/C15H19F4N/c1-10-8-13(16)3-2-11(10)9-14(20)6-4-12(5-7-14)15(17,18)19/h2-3,8,12H,4-7,9,20H2,1H3. The van der Waals surface area contributed by atoms with Gasteiger partial charge in [-0.3, -0.25) is 0 Å². The first-order valence-corrected chi connectivity index (χ1v) is 6.80. The molecule has 2 rings (SSSR count). The summed E-state index contributed by atoms with van der Waals surface area (Å²) >= 11 is 0. The van der Waals surface area contributed by atoms with Crippen molar-refractivity contribution >= 4 is 0 Å². The molecule has 0 saturated heterocycles. The lowest BCUT2D eigenvalue weighted by Crippen LogP contribution is -2.47. The summed E-state index contributed by atoms with van der Waals surface area (Å²) in [6, 6.07) is 4.47. The zero-order valence-corrected chi connectivity index (χ0v) is 11.4. The van der Waals surface area contributed by atoms with Crippen LogP contribution in [0.1, 0.15) is 36.8 Å². The van der Waals surface area contributed by atoms with Crippen LogP contribution in [-0.2, 0) is 6.42 Å². The second kappa shape index (κ2) is 5.35. The number of hydrogen-bond acceptors (Lipinski definition) is 1. The molecule has 0 aromatic heterocycles. The summed E-state index contributed by atoms with van der Waals surface area (Å²) in [5, 5.41) is 0. The molecular weight excluding hydrogens is 270 g/mol. The van der Waals surface area contributed by atoms with E-state index in [2.05, 4.69) is 0 Å². The number of rotatable bonds is 2. The molecule has 0 bridgehead atoms. The molecule has 1 nitrogen and oxygen atoms in total. The average Bonchev–Trinajstić information content (AvgIpc) is 2.32. The summed E-state index contributed by atoms with van der Waals surface area (Å²) < 4.78 is 51.0. The predicted octanol–water partition coefficient (Wildman–Crippen LogP) is 4.13. The molecule has 1 aliphatic carbocycles. The molecule has 2 N–H and O–H groups in total. The minimum absolute atomic E-state index is 0.0836. The van der Waals surface area contributed by atoms with Gasteiger partial charge < -0.3 is 5.73 Å². The molecule has 0 aliphatic heterocycles. The van der Waals surface area contributed by atoms with E-state index in [4.69, 9.17) is 5.73 Å². The van der Waals surface area contributed by atoms with Crippen LogP contribution in [0.2, 0.25) is 0 Å². The van der Waals surface area contributed by atoms with Crippen LogP contribution in [0.15, 0.2) is 18.2 Å². The molecule has 112 valence electrons. The van der Waals surface area contributed by atoms with Crippen molar-refractivity contribution in [3.63, 3.8) is 0 Å². The van der Waals surface area contributed by atoms with Gasteiger partial charge in [0.25, 0.3) is 0 Å². The van der Waals surface area contributed by atoms with Crippen LogP contribution in [0.5, 0.6) is 0 Å². The smallest absolute Gasteiger partial charge is 0.325 e. The lowest BCUT2D eigenvalue weighted by molar-refractivity contribution is -0.184. The Labute approximate surface area is 116 Å². The molecule has 0 atom stereocenters. The van der Waals surface area contributed by atoms with Crippen LogP contribution in [0.3, 0.4) is 0 Å². The molecule has 1 aromatic carbocycles. The van der Waals surface area contributed by atoms with Crippen molar-refractivity contribution in [2.75, 3.05) is 0 Å². The molecule has 1 saturated carbocycles. The van der Waals surface area contributed by atoms with Gasteiger partial charge in [0.05, 0.1) is 5.92 Å². The summed E-state index contributed by atoms with van der Waals surface area (Å²) in [6.45, 7) is 1.79. The Morgan fingerprint density at radius 3 is 2.35 bits per heavy atom. The largest absolute Gasteiger partial charge is 0.391 e. The highest BCUT2D eigenvalue weighted by molar-refractivity contribution is 5.28. The van der Waals surface area contributed by atoms with Crippen LogP contribution in [-0.4, -0.2) is 11.7 Å². The van der Waals surface area contributed by atoms with E-state index in [9.17, 15) is 17.6 Å². The summed E-state index contributed by atoms with van der Waals surface area (Å²) in [6.07, 6.45) is -2.74. The maximum absolute atomic E-state index is 13.0. The number of benzene rings is 1. The van der Waals surface area contributed by atoms with Crippen LogP contribution in [0.25, 0.3) is 0 Å². The zero-order valence-electron chi connectivity index (χ0n) is 11.4. The second-order valence-corrected chi connectivity index (χ2v) is 5.93. The van der Waals surface area contributed by atoms with Crippen molar-refractivity contribution in [1.29, 1.82) is 0 Å². The highest BCUT2D eigenvalue weighted by Crippen LogP contribution is 2.41. The minimum Gasteiger partial charge on any atom is -0.325 e. The quantitative estimate of drug-likeness (QED) is 0.814. The maximum Gasteiger partial charge on any atom is 0.391 e. The lowest BCUT2D eigenvalue weighted by atomic mass is 9.73. The van der Waals surface area contributed by atoms with Gasteiger partial charge in [0.2, 0.25) is 0 Å². The van der Waals surface area contributed by atoms with E-state index < -0.39 is 17.6 Å². The topological polar surface area (TPSA) is 26.0 Å². The summed E-state index contributed by atoms with van der Waals surface area (Å²) in [7, 11) is 0. The van der Waals surface area contributed by atoms with E-state index in [1.165, 1.54) is 12.1 Å². The minimum atomic E-state index is -4.12. The van der Waals surface area contributed by atoms with Gasteiger partial charge >= 0.3 is 6.18 Å².